The monoisotopic (exact) mass is 349 g/mol. The Hall–Kier alpha value is -3.21. The number of ketones is 1. The lowest BCUT2D eigenvalue weighted by atomic mass is 10.1. The number of pyridine rings is 1. The minimum atomic E-state index is -0.539. The highest BCUT2D eigenvalue weighted by atomic mass is 16.5. The smallest absolute Gasteiger partial charge is 0.339 e. The van der Waals surface area contributed by atoms with Gasteiger partial charge in [0.2, 0.25) is 0 Å². The zero-order valence-electron chi connectivity index (χ0n) is 14.9. The van der Waals surface area contributed by atoms with Crippen LogP contribution in [0.2, 0.25) is 0 Å². The average Bonchev–Trinajstić information content (AvgIpc) is 2.65. The summed E-state index contributed by atoms with van der Waals surface area (Å²) in [5, 5.41) is 0.717. The number of nitrogens with zero attached hydrogens (tertiary/aromatic N) is 1. The van der Waals surface area contributed by atoms with Crippen molar-refractivity contribution in [3.8, 4) is 5.75 Å². The lowest BCUT2D eigenvalue weighted by Gasteiger charge is -2.09. The van der Waals surface area contributed by atoms with E-state index in [1.807, 2.05) is 32.0 Å². The molecule has 0 aliphatic rings. The molecular formula is C21H19NO4. The van der Waals surface area contributed by atoms with Crippen molar-refractivity contribution in [2.75, 3.05) is 13.7 Å². The van der Waals surface area contributed by atoms with Crippen LogP contribution in [0.25, 0.3) is 10.9 Å². The summed E-state index contributed by atoms with van der Waals surface area (Å²) in [5.41, 5.74) is 3.30. The molecule has 0 fully saturated rings. The largest absolute Gasteiger partial charge is 0.497 e. The Bertz CT molecular complexity index is 994. The van der Waals surface area contributed by atoms with E-state index in [0.29, 0.717) is 22.6 Å². The van der Waals surface area contributed by atoms with Gasteiger partial charge in [0.05, 0.1) is 18.2 Å². The molecule has 0 bridgehead atoms. The number of benzene rings is 2. The molecule has 3 rings (SSSR count). The van der Waals surface area contributed by atoms with Crippen LogP contribution in [0.15, 0.2) is 48.5 Å². The van der Waals surface area contributed by atoms with E-state index >= 15 is 0 Å². The van der Waals surface area contributed by atoms with Crippen molar-refractivity contribution in [1.82, 2.24) is 4.98 Å². The molecule has 0 aliphatic heterocycles. The van der Waals surface area contributed by atoms with Gasteiger partial charge >= 0.3 is 5.97 Å². The van der Waals surface area contributed by atoms with E-state index < -0.39 is 5.97 Å². The van der Waals surface area contributed by atoms with Crippen LogP contribution < -0.4 is 4.74 Å². The Balaban J connectivity index is 1.81. The SMILES string of the molecule is COc1cccc(C(=O)COC(=O)c2cc(C)nc3ccc(C)cc23)c1. The number of fused-ring (bicyclic) bond motifs is 1. The number of esters is 1. The number of rotatable bonds is 5. The van der Waals surface area contributed by atoms with Crippen molar-refractivity contribution in [3.63, 3.8) is 0 Å². The van der Waals surface area contributed by atoms with E-state index in [1.165, 1.54) is 7.11 Å². The summed E-state index contributed by atoms with van der Waals surface area (Å²) in [5.74, 6) is -0.251. The van der Waals surface area contributed by atoms with E-state index in [-0.39, 0.29) is 12.4 Å². The van der Waals surface area contributed by atoms with Crippen molar-refractivity contribution in [2.24, 2.45) is 0 Å². The maximum atomic E-state index is 12.6. The van der Waals surface area contributed by atoms with Crippen LogP contribution in [0, 0.1) is 13.8 Å². The number of aromatic nitrogens is 1. The lowest BCUT2D eigenvalue weighted by Crippen LogP contribution is -2.15. The van der Waals surface area contributed by atoms with E-state index in [0.717, 1.165) is 16.5 Å². The fraction of sp³-hybridized carbons (Fsp3) is 0.190. The van der Waals surface area contributed by atoms with Crippen LogP contribution in [0.5, 0.6) is 5.75 Å². The summed E-state index contributed by atoms with van der Waals surface area (Å²) in [4.78, 5) is 29.3. The topological polar surface area (TPSA) is 65.5 Å². The maximum Gasteiger partial charge on any atom is 0.339 e. The van der Waals surface area contributed by atoms with Gasteiger partial charge in [-0.15, -0.1) is 0 Å². The summed E-state index contributed by atoms with van der Waals surface area (Å²) < 4.78 is 10.4. The third kappa shape index (κ3) is 3.72. The molecule has 1 aromatic heterocycles. The van der Waals surface area contributed by atoms with E-state index in [9.17, 15) is 9.59 Å². The molecule has 5 nitrogen and oxygen atoms in total. The number of ether oxygens (including phenoxy) is 2. The van der Waals surface area contributed by atoms with E-state index in [1.54, 1.807) is 30.3 Å². The van der Waals surface area contributed by atoms with Gasteiger partial charge in [-0.2, -0.15) is 0 Å². The molecule has 0 amide bonds. The standard InChI is InChI=1S/C21H19NO4/c1-13-7-8-19-17(9-13)18(10-14(2)22-19)21(24)26-12-20(23)15-5-4-6-16(11-15)25-3/h4-11H,12H2,1-3H3. The maximum absolute atomic E-state index is 12.6. The van der Waals surface area contributed by atoms with Crippen LogP contribution in [-0.4, -0.2) is 30.5 Å². The second-order valence-electron chi connectivity index (χ2n) is 6.06. The van der Waals surface area contributed by atoms with Crippen molar-refractivity contribution in [2.45, 2.75) is 13.8 Å². The Morgan fingerprint density at radius 1 is 1.04 bits per heavy atom. The zero-order chi connectivity index (χ0) is 18.7. The van der Waals surface area contributed by atoms with E-state index in [2.05, 4.69) is 4.98 Å². The van der Waals surface area contributed by atoms with Gasteiger partial charge in [-0.05, 0) is 44.2 Å². The molecular weight excluding hydrogens is 330 g/mol. The molecule has 0 spiro atoms. The molecule has 0 radical (unpaired) electrons. The normalized spacial score (nSPS) is 10.6. The molecule has 1 heterocycles. The van der Waals surface area contributed by atoms with Gasteiger partial charge in [-0.1, -0.05) is 23.8 Å². The predicted molar refractivity (Wildman–Crippen MR) is 98.8 cm³/mol. The molecule has 0 saturated heterocycles. The predicted octanol–water partition coefficient (Wildman–Crippen LogP) is 3.90. The minimum Gasteiger partial charge on any atom is -0.497 e. The number of Topliss-reactive ketones (excluding diaryl/α,β-unsaturated/α-hetero) is 1. The quantitative estimate of drug-likeness (QED) is 0.516. The number of hydrogen-bond acceptors (Lipinski definition) is 5. The van der Waals surface area contributed by atoms with Gasteiger partial charge in [0.25, 0.3) is 0 Å². The Morgan fingerprint density at radius 2 is 1.85 bits per heavy atom. The number of aryl methyl sites for hydroxylation is 2. The average molecular weight is 349 g/mol. The molecule has 0 unspecified atom stereocenters. The molecule has 0 atom stereocenters. The van der Waals surface area contributed by atoms with Gasteiger partial charge in [-0.25, -0.2) is 4.79 Å². The molecule has 0 N–H and O–H groups in total. The van der Waals surface area contributed by atoms with Crippen LogP contribution in [0.3, 0.4) is 0 Å². The first-order valence-electron chi connectivity index (χ1n) is 8.20. The highest BCUT2D eigenvalue weighted by molar-refractivity contribution is 6.05. The van der Waals surface area contributed by atoms with E-state index in [4.69, 9.17) is 9.47 Å². The van der Waals surface area contributed by atoms with Gasteiger partial charge in [0.1, 0.15) is 5.75 Å². The van der Waals surface area contributed by atoms with Crippen LogP contribution >= 0.6 is 0 Å². The molecule has 0 saturated carbocycles. The number of carbonyl (C=O) groups is 2. The van der Waals surface area contributed by atoms with Gasteiger partial charge < -0.3 is 9.47 Å². The van der Waals surface area contributed by atoms with Crippen molar-refractivity contribution < 1.29 is 19.1 Å². The third-order valence-electron chi connectivity index (χ3n) is 4.04. The summed E-state index contributed by atoms with van der Waals surface area (Å²) in [6.45, 7) is 3.43. The first-order chi connectivity index (χ1) is 12.5. The number of carbonyl (C=O) groups excluding carboxylic acids is 2. The van der Waals surface area contributed by atoms with Crippen molar-refractivity contribution >= 4 is 22.7 Å². The second kappa shape index (κ2) is 7.35. The summed E-state index contributed by atoms with van der Waals surface area (Å²) >= 11 is 0. The van der Waals surface area contributed by atoms with Crippen LogP contribution in [-0.2, 0) is 4.74 Å². The number of hydrogen-bond donors (Lipinski definition) is 0. The van der Waals surface area contributed by atoms with Crippen LogP contribution in [0.1, 0.15) is 32.0 Å². The van der Waals surface area contributed by atoms with Crippen molar-refractivity contribution in [1.29, 1.82) is 0 Å². The lowest BCUT2D eigenvalue weighted by molar-refractivity contribution is 0.0476. The summed E-state index contributed by atoms with van der Waals surface area (Å²) in [7, 11) is 1.53. The van der Waals surface area contributed by atoms with Gasteiger partial charge in [0.15, 0.2) is 12.4 Å². The first kappa shape index (κ1) is 17.6. The molecule has 3 aromatic rings. The molecule has 26 heavy (non-hydrogen) atoms. The minimum absolute atomic E-state index is 0.288. The molecule has 5 heteroatoms. The Labute approximate surface area is 151 Å². The highest BCUT2D eigenvalue weighted by Crippen LogP contribution is 2.21. The molecule has 132 valence electrons. The fourth-order valence-corrected chi connectivity index (χ4v) is 2.73. The second-order valence-corrected chi connectivity index (χ2v) is 6.06. The van der Waals surface area contributed by atoms with Gasteiger partial charge in [0, 0.05) is 16.6 Å². The first-order valence-corrected chi connectivity index (χ1v) is 8.20. The summed E-state index contributed by atoms with van der Waals surface area (Å²) in [6, 6.07) is 14.1. The highest BCUT2D eigenvalue weighted by Gasteiger charge is 2.16. The van der Waals surface area contributed by atoms with Crippen LogP contribution in [0.4, 0.5) is 0 Å². The Kier molecular flexibility index (Phi) is 4.98. The number of methoxy groups -OCH3 is 1. The Morgan fingerprint density at radius 3 is 2.62 bits per heavy atom. The molecule has 2 aromatic carbocycles. The third-order valence-corrected chi connectivity index (χ3v) is 4.04. The zero-order valence-corrected chi connectivity index (χ0v) is 14.9. The fourth-order valence-electron chi connectivity index (χ4n) is 2.73. The summed E-state index contributed by atoms with van der Waals surface area (Å²) in [6.07, 6.45) is 0. The van der Waals surface area contributed by atoms with Gasteiger partial charge in [-0.3, -0.25) is 9.78 Å². The molecule has 0 aliphatic carbocycles. The van der Waals surface area contributed by atoms with Crippen molar-refractivity contribution in [3.05, 3.63) is 70.9 Å².